The number of hydrogen-bond acceptors (Lipinski definition) is 2. The van der Waals surface area contributed by atoms with Gasteiger partial charge >= 0.3 is 0 Å². The second-order valence-corrected chi connectivity index (χ2v) is 8.31. The second-order valence-electron chi connectivity index (χ2n) is 6.67. The highest BCUT2D eigenvalue weighted by molar-refractivity contribution is 7.98. The maximum Gasteiger partial charge on any atom is 0.0332 e. The van der Waals surface area contributed by atoms with E-state index in [1.54, 1.807) is 0 Å². The fourth-order valence-electron chi connectivity index (χ4n) is 2.12. The summed E-state index contributed by atoms with van der Waals surface area (Å²) in [4.78, 5) is 0. The fraction of sp³-hybridized carbons (Fsp3) is 0.529. The van der Waals surface area contributed by atoms with Crippen molar-refractivity contribution in [2.24, 2.45) is 0 Å². The molecule has 0 heterocycles. The molecule has 1 unspecified atom stereocenters. The molecule has 1 aromatic rings. The Morgan fingerprint density at radius 2 is 1.74 bits per heavy atom. The third kappa shape index (κ3) is 6.84. The number of hydrogen-bond donors (Lipinski definition) is 1. The van der Waals surface area contributed by atoms with Gasteiger partial charge in [0.15, 0.2) is 0 Å². The van der Waals surface area contributed by atoms with Crippen molar-refractivity contribution in [1.82, 2.24) is 4.72 Å². The van der Waals surface area contributed by atoms with Crippen molar-refractivity contribution in [3.8, 4) is 0 Å². The molecule has 1 atom stereocenters. The van der Waals surface area contributed by atoms with Crippen LogP contribution in [0, 0.1) is 0 Å². The standard InChI is InChI=1S/C17H27NS/c1-14(2)12-17(6,18-19-16(3,4)5)13-15-10-8-7-9-11-15/h7-11,18H,1,12-13H2,2-6H3. The number of benzene rings is 1. The molecule has 0 bridgehead atoms. The summed E-state index contributed by atoms with van der Waals surface area (Å²) >= 11 is 1.81. The molecule has 0 amide bonds. The zero-order valence-electron chi connectivity index (χ0n) is 12.9. The molecule has 19 heavy (non-hydrogen) atoms. The van der Waals surface area contributed by atoms with Gasteiger partial charge in [-0.25, -0.2) is 0 Å². The van der Waals surface area contributed by atoms with Crippen LogP contribution >= 0.6 is 11.9 Å². The summed E-state index contributed by atoms with van der Waals surface area (Å²) in [5, 5.41) is 0. The van der Waals surface area contributed by atoms with Crippen molar-refractivity contribution in [1.29, 1.82) is 0 Å². The smallest absolute Gasteiger partial charge is 0.0332 e. The molecule has 2 heteroatoms. The Hall–Kier alpha value is -0.730. The number of rotatable bonds is 6. The lowest BCUT2D eigenvalue weighted by Gasteiger charge is -2.34. The Labute approximate surface area is 123 Å². The molecule has 106 valence electrons. The monoisotopic (exact) mass is 277 g/mol. The lowest BCUT2D eigenvalue weighted by molar-refractivity contribution is 0.425. The largest absolute Gasteiger partial charge is 0.257 e. The first kappa shape index (κ1) is 16.3. The molecule has 0 aromatic heterocycles. The Morgan fingerprint density at radius 3 is 2.21 bits per heavy atom. The Bertz CT molecular complexity index is 405. The first-order valence-electron chi connectivity index (χ1n) is 6.84. The van der Waals surface area contributed by atoms with Gasteiger partial charge in [-0.15, -0.1) is 6.58 Å². The summed E-state index contributed by atoms with van der Waals surface area (Å²) in [6, 6.07) is 10.7. The van der Waals surface area contributed by atoms with E-state index in [-0.39, 0.29) is 10.3 Å². The molecular weight excluding hydrogens is 250 g/mol. The van der Waals surface area contributed by atoms with Crippen molar-refractivity contribution in [3.63, 3.8) is 0 Å². The molecule has 0 aliphatic carbocycles. The van der Waals surface area contributed by atoms with E-state index in [0.717, 1.165) is 12.8 Å². The van der Waals surface area contributed by atoms with E-state index in [1.165, 1.54) is 11.1 Å². The Balaban J connectivity index is 2.77. The van der Waals surface area contributed by atoms with Gasteiger partial charge in [0.25, 0.3) is 0 Å². The summed E-state index contributed by atoms with van der Waals surface area (Å²) in [5.74, 6) is 0. The molecule has 0 aliphatic heterocycles. The first-order chi connectivity index (χ1) is 8.70. The molecule has 1 N–H and O–H groups in total. The van der Waals surface area contributed by atoms with Crippen molar-refractivity contribution in [2.45, 2.75) is 57.7 Å². The molecule has 0 radical (unpaired) electrons. The molecular formula is C17H27NS. The summed E-state index contributed by atoms with van der Waals surface area (Å²) in [6.07, 6.45) is 2.01. The molecule has 0 saturated carbocycles. The zero-order valence-corrected chi connectivity index (χ0v) is 13.7. The quantitative estimate of drug-likeness (QED) is 0.580. The highest BCUT2D eigenvalue weighted by Gasteiger charge is 2.26. The third-order valence-electron chi connectivity index (χ3n) is 2.73. The van der Waals surface area contributed by atoms with Crippen molar-refractivity contribution >= 4 is 11.9 Å². The summed E-state index contributed by atoms with van der Waals surface area (Å²) in [7, 11) is 0. The summed E-state index contributed by atoms with van der Waals surface area (Å²) in [5.41, 5.74) is 2.64. The lowest BCUT2D eigenvalue weighted by atomic mass is 9.88. The summed E-state index contributed by atoms with van der Waals surface area (Å²) in [6.45, 7) is 15.2. The minimum Gasteiger partial charge on any atom is -0.257 e. The van der Waals surface area contributed by atoms with Crippen LogP contribution in [0.5, 0.6) is 0 Å². The van der Waals surface area contributed by atoms with Crippen LogP contribution in [0.2, 0.25) is 0 Å². The zero-order chi connectivity index (χ0) is 14.5. The van der Waals surface area contributed by atoms with Gasteiger partial charge in [-0.3, -0.25) is 4.72 Å². The SMILES string of the molecule is C=C(C)CC(C)(Cc1ccccc1)NSC(C)(C)C. The van der Waals surface area contributed by atoms with Crippen LogP contribution in [0.25, 0.3) is 0 Å². The van der Waals surface area contributed by atoms with Gasteiger partial charge in [0.2, 0.25) is 0 Å². The molecule has 0 saturated heterocycles. The maximum atomic E-state index is 4.08. The maximum absolute atomic E-state index is 4.08. The lowest BCUT2D eigenvalue weighted by Crippen LogP contribution is -2.42. The van der Waals surface area contributed by atoms with Crippen molar-refractivity contribution < 1.29 is 0 Å². The normalized spacial score (nSPS) is 15.0. The summed E-state index contributed by atoms with van der Waals surface area (Å²) < 4.78 is 3.89. The molecule has 0 fully saturated rings. The van der Waals surface area contributed by atoms with Crippen LogP contribution in [0.1, 0.15) is 46.6 Å². The first-order valence-corrected chi connectivity index (χ1v) is 7.65. The van der Waals surface area contributed by atoms with Gasteiger partial charge in [0, 0.05) is 10.3 Å². The molecule has 1 aromatic carbocycles. The van der Waals surface area contributed by atoms with Gasteiger partial charge in [0.05, 0.1) is 0 Å². The topological polar surface area (TPSA) is 12.0 Å². The van der Waals surface area contributed by atoms with Gasteiger partial charge < -0.3 is 0 Å². The van der Waals surface area contributed by atoms with E-state index >= 15 is 0 Å². The van der Waals surface area contributed by atoms with Gasteiger partial charge in [-0.05, 0) is 53.0 Å². The Kier molecular flexibility index (Phi) is 5.69. The van der Waals surface area contributed by atoms with Crippen LogP contribution in [0.3, 0.4) is 0 Å². The van der Waals surface area contributed by atoms with Gasteiger partial charge in [-0.1, -0.05) is 47.9 Å². The molecule has 0 aliphatic rings. The average Bonchev–Trinajstić information content (AvgIpc) is 2.26. The van der Waals surface area contributed by atoms with E-state index in [1.807, 2.05) is 11.9 Å². The average molecular weight is 277 g/mol. The van der Waals surface area contributed by atoms with Gasteiger partial charge in [0.1, 0.15) is 0 Å². The van der Waals surface area contributed by atoms with Crippen molar-refractivity contribution in [2.75, 3.05) is 0 Å². The predicted molar refractivity (Wildman–Crippen MR) is 88.5 cm³/mol. The van der Waals surface area contributed by atoms with Crippen LogP contribution in [0.15, 0.2) is 42.5 Å². The van der Waals surface area contributed by atoms with E-state index in [2.05, 4.69) is 76.3 Å². The minimum atomic E-state index is 0.0468. The van der Waals surface area contributed by atoms with Crippen molar-refractivity contribution in [3.05, 3.63) is 48.0 Å². The minimum absolute atomic E-state index is 0.0468. The highest BCUT2D eigenvalue weighted by Crippen LogP contribution is 2.28. The van der Waals surface area contributed by atoms with Gasteiger partial charge in [-0.2, -0.15) is 0 Å². The fourth-order valence-corrected chi connectivity index (χ4v) is 2.82. The highest BCUT2D eigenvalue weighted by atomic mass is 32.2. The second kappa shape index (κ2) is 6.62. The Morgan fingerprint density at radius 1 is 1.16 bits per heavy atom. The van der Waals surface area contributed by atoms with E-state index < -0.39 is 0 Å². The molecule has 0 spiro atoms. The molecule has 1 rings (SSSR count). The van der Waals surface area contributed by atoms with E-state index in [0.29, 0.717) is 0 Å². The van der Waals surface area contributed by atoms with E-state index in [4.69, 9.17) is 0 Å². The van der Waals surface area contributed by atoms with Crippen LogP contribution in [-0.2, 0) is 6.42 Å². The van der Waals surface area contributed by atoms with Crippen LogP contribution < -0.4 is 4.72 Å². The third-order valence-corrected chi connectivity index (χ3v) is 3.94. The van der Waals surface area contributed by atoms with Crippen LogP contribution in [0.4, 0.5) is 0 Å². The predicted octanol–water partition coefficient (Wildman–Crippen LogP) is 4.99. The number of nitrogens with one attached hydrogen (secondary N) is 1. The van der Waals surface area contributed by atoms with E-state index in [9.17, 15) is 0 Å². The molecule has 1 nitrogen and oxygen atoms in total. The van der Waals surface area contributed by atoms with Crippen LogP contribution in [-0.4, -0.2) is 10.3 Å².